The highest BCUT2D eigenvalue weighted by atomic mass is 127. The predicted octanol–water partition coefficient (Wildman–Crippen LogP) is 2.43. The molecule has 6 nitrogen and oxygen atoms in total. The van der Waals surface area contributed by atoms with Gasteiger partial charge in [0.05, 0.1) is 6.54 Å². The summed E-state index contributed by atoms with van der Waals surface area (Å²) >= 11 is 0. The van der Waals surface area contributed by atoms with Crippen molar-refractivity contribution in [2.24, 2.45) is 4.99 Å². The van der Waals surface area contributed by atoms with Crippen LogP contribution in [0.2, 0.25) is 0 Å². The normalized spacial score (nSPS) is 27.4. The summed E-state index contributed by atoms with van der Waals surface area (Å²) in [6.07, 6.45) is 10.2. The molecule has 0 radical (unpaired) electrons. The Labute approximate surface area is 188 Å². The van der Waals surface area contributed by atoms with Crippen molar-refractivity contribution in [3.8, 4) is 0 Å². The summed E-state index contributed by atoms with van der Waals surface area (Å²) in [7, 11) is 0. The second kappa shape index (κ2) is 10.8. The molecule has 0 aromatic carbocycles. The summed E-state index contributed by atoms with van der Waals surface area (Å²) < 4.78 is 5.68. The molecule has 3 heterocycles. The van der Waals surface area contributed by atoms with Gasteiger partial charge in [0.25, 0.3) is 0 Å². The molecule has 4 fully saturated rings. The Balaban J connectivity index is 0.00000225. The Kier molecular flexibility index (Phi) is 8.68. The van der Waals surface area contributed by atoms with Crippen molar-refractivity contribution in [2.75, 3.05) is 52.5 Å². The molecule has 7 heteroatoms. The number of likely N-dealkylation sites (tertiary alicyclic amines) is 2. The second-order valence-electron chi connectivity index (χ2n) is 8.91. The van der Waals surface area contributed by atoms with Gasteiger partial charge in [-0.25, -0.2) is 0 Å². The van der Waals surface area contributed by atoms with E-state index in [0.29, 0.717) is 6.04 Å². The zero-order chi connectivity index (χ0) is 18.5. The fourth-order valence-corrected chi connectivity index (χ4v) is 5.11. The number of piperidine rings is 1. The van der Waals surface area contributed by atoms with Crippen LogP contribution in [0.4, 0.5) is 0 Å². The first kappa shape index (κ1) is 22.6. The molecule has 0 bridgehead atoms. The van der Waals surface area contributed by atoms with Gasteiger partial charge < -0.3 is 20.3 Å². The number of nitrogens with zero attached hydrogens (tertiary/aromatic N) is 3. The van der Waals surface area contributed by atoms with Gasteiger partial charge in [-0.15, -0.1) is 24.0 Å². The Morgan fingerprint density at radius 1 is 1.04 bits per heavy atom. The summed E-state index contributed by atoms with van der Waals surface area (Å²) in [5.41, 5.74) is 0.215. The number of halogens is 1. The van der Waals surface area contributed by atoms with Crippen molar-refractivity contribution in [1.82, 2.24) is 20.4 Å². The number of nitrogens with one attached hydrogen (secondary N) is 2. The van der Waals surface area contributed by atoms with Crippen molar-refractivity contribution < 1.29 is 4.74 Å². The van der Waals surface area contributed by atoms with Gasteiger partial charge >= 0.3 is 0 Å². The van der Waals surface area contributed by atoms with Gasteiger partial charge in [-0.05, 0) is 71.4 Å². The minimum absolute atomic E-state index is 0. The maximum atomic E-state index is 5.68. The number of ether oxygens (including phenoxy) is 1. The van der Waals surface area contributed by atoms with E-state index in [2.05, 4.69) is 27.4 Å². The van der Waals surface area contributed by atoms with Crippen LogP contribution in [0.1, 0.15) is 58.3 Å². The van der Waals surface area contributed by atoms with Crippen LogP contribution < -0.4 is 10.6 Å². The van der Waals surface area contributed by atoms with E-state index in [-0.39, 0.29) is 29.5 Å². The van der Waals surface area contributed by atoms with Crippen LogP contribution in [-0.2, 0) is 4.74 Å². The quantitative estimate of drug-likeness (QED) is 0.330. The highest BCUT2D eigenvalue weighted by molar-refractivity contribution is 14.0. The SMILES string of the molecule is CCNC(=NCC1(N2CCCC2)CCOCC1)NC1CCN(C2CC2)CC1.I. The van der Waals surface area contributed by atoms with Crippen molar-refractivity contribution in [1.29, 1.82) is 0 Å². The van der Waals surface area contributed by atoms with E-state index in [1.807, 2.05) is 0 Å². The zero-order valence-corrected chi connectivity index (χ0v) is 20.0. The standard InChI is InChI=1S/C21H39N5O.HI/c1-2-22-20(24-18-7-13-25(14-8-18)19-5-6-19)23-17-21(9-15-27-16-10-21)26-11-3-4-12-26;/h18-19H,2-17H2,1H3,(H2,22,23,24);1H. The van der Waals surface area contributed by atoms with Crippen molar-refractivity contribution in [3.63, 3.8) is 0 Å². The minimum atomic E-state index is 0. The Morgan fingerprint density at radius 3 is 2.32 bits per heavy atom. The topological polar surface area (TPSA) is 52.1 Å². The number of guanidine groups is 1. The molecular formula is C21H40IN5O. The Bertz CT molecular complexity index is 493. The van der Waals surface area contributed by atoms with E-state index in [4.69, 9.17) is 9.73 Å². The van der Waals surface area contributed by atoms with E-state index in [0.717, 1.165) is 51.1 Å². The van der Waals surface area contributed by atoms with Gasteiger partial charge in [0.2, 0.25) is 0 Å². The van der Waals surface area contributed by atoms with Crippen LogP contribution in [0, 0.1) is 0 Å². The van der Waals surface area contributed by atoms with Crippen LogP contribution >= 0.6 is 24.0 Å². The first-order valence-corrected chi connectivity index (χ1v) is 11.4. The lowest BCUT2D eigenvalue weighted by Crippen LogP contribution is -2.54. The fraction of sp³-hybridized carbons (Fsp3) is 0.952. The van der Waals surface area contributed by atoms with Gasteiger partial charge in [-0.1, -0.05) is 0 Å². The summed E-state index contributed by atoms with van der Waals surface area (Å²) in [6, 6.07) is 1.47. The number of hydrogen-bond donors (Lipinski definition) is 2. The average Bonchev–Trinajstić information content (AvgIpc) is 3.40. The molecule has 1 saturated carbocycles. The van der Waals surface area contributed by atoms with E-state index in [9.17, 15) is 0 Å². The lowest BCUT2D eigenvalue weighted by Gasteiger charge is -2.43. The lowest BCUT2D eigenvalue weighted by molar-refractivity contribution is -0.0139. The van der Waals surface area contributed by atoms with Crippen LogP contribution in [0.25, 0.3) is 0 Å². The van der Waals surface area contributed by atoms with E-state index in [1.54, 1.807) is 0 Å². The van der Waals surface area contributed by atoms with Gasteiger partial charge in [0, 0.05) is 50.5 Å². The smallest absolute Gasteiger partial charge is 0.191 e. The number of aliphatic imine (C=N–C) groups is 1. The highest BCUT2D eigenvalue weighted by Gasteiger charge is 2.39. The fourth-order valence-electron chi connectivity index (χ4n) is 5.11. The maximum Gasteiger partial charge on any atom is 0.191 e. The maximum absolute atomic E-state index is 5.68. The molecule has 4 aliphatic rings. The third kappa shape index (κ3) is 5.73. The molecular weight excluding hydrogens is 465 g/mol. The molecule has 0 aromatic heterocycles. The minimum Gasteiger partial charge on any atom is -0.381 e. The molecule has 162 valence electrons. The van der Waals surface area contributed by atoms with Gasteiger partial charge in [-0.2, -0.15) is 0 Å². The molecule has 0 aromatic rings. The second-order valence-corrected chi connectivity index (χ2v) is 8.91. The number of rotatable bonds is 6. The van der Waals surface area contributed by atoms with Crippen molar-refractivity contribution in [2.45, 2.75) is 75.9 Å². The van der Waals surface area contributed by atoms with Crippen LogP contribution in [0.15, 0.2) is 4.99 Å². The molecule has 0 unspecified atom stereocenters. The first-order chi connectivity index (χ1) is 13.3. The Hall–Kier alpha value is -0.120. The predicted molar refractivity (Wildman–Crippen MR) is 126 cm³/mol. The van der Waals surface area contributed by atoms with Crippen LogP contribution in [-0.4, -0.2) is 85.9 Å². The molecule has 2 N–H and O–H groups in total. The highest BCUT2D eigenvalue weighted by Crippen LogP contribution is 2.32. The van der Waals surface area contributed by atoms with E-state index < -0.39 is 0 Å². The summed E-state index contributed by atoms with van der Waals surface area (Å²) in [5, 5.41) is 7.25. The molecule has 0 atom stereocenters. The molecule has 0 spiro atoms. The number of hydrogen-bond acceptors (Lipinski definition) is 4. The summed E-state index contributed by atoms with van der Waals surface area (Å²) in [4.78, 5) is 10.5. The zero-order valence-electron chi connectivity index (χ0n) is 17.6. The molecule has 4 rings (SSSR count). The molecule has 0 amide bonds. The largest absolute Gasteiger partial charge is 0.381 e. The molecule has 3 aliphatic heterocycles. The third-order valence-corrected chi connectivity index (χ3v) is 7.01. The summed E-state index contributed by atoms with van der Waals surface area (Å²) in [5.74, 6) is 1.02. The van der Waals surface area contributed by atoms with Gasteiger partial charge in [0.1, 0.15) is 0 Å². The Morgan fingerprint density at radius 2 is 1.71 bits per heavy atom. The van der Waals surface area contributed by atoms with Crippen LogP contribution in [0.5, 0.6) is 0 Å². The molecule has 1 aliphatic carbocycles. The average molecular weight is 505 g/mol. The molecule has 3 saturated heterocycles. The van der Waals surface area contributed by atoms with Crippen molar-refractivity contribution in [3.05, 3.63) is 0 Å². The third-order valence-electron chi connectivity index (χ3n) is 7.01. The van der Waals surface area contributed by atoms with Crippen molar-refractivity contribution >= 4 is 29.9 Å². The molecule has 28 heavy (non-hydrogen) atoms. The first-order valence-electron chi connectivity index (χ1n) is 11.4. The van der Waals surface area contributed by atoms with E-state index >= 15 is 0 Å². The van der Waals surface area contributed by atoms with Gasteiger partial charge in [-0.3, -0.25) is 9.89 Å². The van der Waals surface area contributed by atoms with Gasteiger partial charge in [0.15, 0.2) is 5.96 Å². The van der Waals surface area contributed by atoms with Crippen LogP contribution in [0.3, 0.4) is 0 Å². The van der Waals surface area contributed by atoms with E-state index in [1.165, 1.54) is 64.7 Å². The lowest BCUT2D eigenvalue weighted by atomic mass is 9.88. The summed E-state index contributed by atoms with van der Waals surface area (Å²) in [6.45, 7) is 10.7. The monoisotopic (exact) mass is 505 g/mol.